The van der Waals surface area contributed by atoms with Crippen LogP contribution in [0.25, 0.3) is 0 Å². The van der Waals surface area contributed by atoms with Gasteiger partial charge in [-0.15, -0.1) is 0 Å². The van der Waals surface area contributed by atoms with E-state index in [1.165, 1.54) is 0 Å². The summed E-state index contributed by atoms with van der Waals surface area (Å²) in [7, 11) is 4.03. The van der Waals surface area contributed by atoms with Gasteiger partial charge in [0.1, 0.15) is 5.82 Å². The third-order valence-electron chi connectivity index (χ3n) is 3.38. The molecule has 0 radical (unpaired) electrons. The highest BCUT2D eigenvalue weighted by Gasteiger charge is 2.27. The van der Waals surface area contributed by atoms with Crippen molar-refractivity contribution in [2.45, 2.75) is 32.0 Å². The predicted molar refractivity (Wildman–Crippen MR) is 69.1 cm³/mol. The molecule has 2 atom stereocenters. The summed E-state index contributed by atoms with van der Waals surface area (Å²) in [6, 6.07) is 6.59. The lowest BCUT2D eigenvalue weighted by atomic mass is 10.1. The molecule has 0 aromatic carbocycles. The van der Waals surface area contributed by atoms with Crippen molar-refractivity contribution in [1.82, 2.24) is 9.88 Å². The molecule has 1 aromatic rings. The van der Waals surface area contributed by atoms with E-state index in [2.05, 4.69) is 35.2 Å². The summed E-state index contributed by atoms with van der Waals surface area (Å²) in [5.74, 6) is 0.923. The van der Waals surface area contributed by atoms with Crippen molar-refractivity contribution in [3.05, 3.63) is 23.9 Å². The molecule has 0 aliphatic carbocycles. The van der Waals surface area contributed by atoms with Crippen molar-refractivity contribution >= 4 is 5.82 Å². The molecule has 1 fully saturated rings. The van der Waals surface area contributed by atoms with Gasteiger partial charge in [-0.3, -0.25) is 4.90 Å². The van der Waals surface area contributed by atoms with Crippen LogP contribution >= 0.6 is 0 Å². The predicted octanol–water partition coefficient (Wildman–Crippen LogP) is 1.73. The van der Waals surface area contributed by atoms with Crippen LogP contribution in [0.3, 0.4) is 0 Å². The number of nitrogens with zero attached hydrogens (tertiary/aromatic N) is 2. The molecule has 17 heavy (non-hydrogen) atoms. The van der Waals surface area contributed by atoms with Gasteiger partial charge in [-0.2, -0.15) is 0 Å². The van der Waals surface area contributed by atoms with Crippen molar-refractivity contribution in [3.63, 3.8) is 0 Å². The summed E-state index contributed by atoms with van der Waals surface area (Å²) >= 11 is 0. The van der Waals surface area contributed by atoms with Crippen molar-refractivity contribution in [1.29, 1.82) is 0 Å². The molecule has 1 aliphatic rings. The second-order valence-electron chi connectivity index (χ2n) is 4.61. The van der Waals surface area contributed by atoms with Crippen LogP contribution in [0.5, 0.6) is 0 Å². The molecule has 2 heterocycles. The number of rotatable bonds is 4. The summed E-state index contributed by atoms with van der Waals surface area (Å²) < 4.78 is 5.59. The first kappa shape index (κ1) is 12.3. The average Bonchev–Trinajstić information content (AvgIpc) is 2.76. The van der Waals surface area contributed by atoms with Gasteiger partial charge in [-0.1, -0.05) is 6.07 Å². The molecule has 0 bridgehead atoms. The van der Waals surface area contributed by atoms with E-state index in [9.17, 15) is 0 Å². The van der Waals surface area contributed by atoms with Gasteiger partial charge in [0.15, 0.2) is 0 Å². The lowest BCUT2D eigenvalue weighted by Gasteiger charge is -2.26. The third-order valence-corrected chi connectivity index (χ3v) is 3.38. The number of hydrogen-bond donors (Lipinski definition) is 1. The fourth-order valence-electron chi connectivity index (χ4n) is 2.38. The molecule has 0 amide bonds. The highest BCUT2D eigenvalue weighted by atomic mass is 16.5. The normalized spacial score (nSPS) is 24.2. The van der Waals surface area contributed by atoms with E-state index in [0.717, 1.165) is 31.1 Å². The highest BCUT2D eigenvalue weighted by Crippen LogP contribution is 2.19. The van der Waals surface area contributed by atoms with E-state index < -0.39 is 0 Å². The van der Waals surface area contributed by atoms with Crippen LogP contribution in [0.1, 0.15) is 19.0 Å². The SMILES string of the molecule is CNc1cccc(CN(C)C2CCOC2C)n1. The third kappa shape index (κ3) is 2.96. The molecule has 2 rings (SSSR count). The molecule has 94 valence electrons. The minimum atomic E-state index is 0.326. The van der Waals surface area contributed by atoms with Crippen LogP contribution in [-0.2, 0) is 11.3 Å². The average molecular weight is 235 g/mol. The van der Waals surface area contributed by atoms with Gasteiger partial charge >= 0.3 is 0 Å². The zero-order valence-electron chi connectivity index (χ0n) is 10.8. The molecule has 1 saturated heterocycles. The lowest BCUT2D eigenvalue weighted by Crippen LogP contribution is -2.36. The number of aromatic nitrogens is 1. The summed E-state index contributed by atoms with van der Waals surface area (Å²) in [6.45, 7) is 3.89. The Hall–Kier alpha value is -1.13. The zero-order chi connectivity index (χ0) is 12.3. The first-order valence-corrected chi connectivity index (χ1v) is 6.16. The van der Waals surface area contributed by atoms with E-state index in [4.69, 9.17) is 4.74 Å². The fraction of sp³-hybridized carbons (Fsp3) is 0.615. The first-order chi connectivity index (χ1) is 8.20. The molecule has 2 unspecified atom stereocenters. The Bertz CT molecular complexity index is 369. The molecule has 1 N–H and O–H groups in total. The number of likely N-dealkylation sites (N-methyl/N-ethyl adjacent to an activating group) is 1. The molecule has 1 aliphatic heterocycles. The second-order valence-corrected chi connectivity index (χ2v) is 4.61. The van der Waals surface area contributed by atoms with Gasteiger partial charge in [0.05, 0.1) is 11.8 Å². The van der Waals surface area contributed by atoms with E-state index in [0.29, 0.717) is 12.1 Å². The minimum Gasteiger partial charge on any atom is -0.377 e. The monoisotopic (exact) mass is 235 g/mol. The van der Waals surface area contributed by atoms with Crippen LogP contribution < -0.4 is 5.32 Å². The maximum absolute atomic E-state index is 5.59. The number of pyridine rings is 1. The van der Waals surface area contributed by atoms with E-state index in [1.54, 1.807) is 0 Å². The lowest BCUT2D eigenvalue weighted by molar-refractivity contribution is 0.0810. The van der Waals surface area contributed by atoms with Crippen LogP contribution in [-0.4, -0.2) is 42.7 Å². The van der Waals surface area contributed by atoms with E-state index in [-0.39, 0.29) is 0 Å². The van der Waals surface area contributed by atoms with Crippen molar-refractivity contribution in [2.24, 2.45) is 0 Å². The summed E-state index contributed by atoms with van der Waals surface area (Å²) in [5.41, 5.74) is 1.10. The smallest absolute Gasteiger partial charge is 0.126 e. The molecular formula is C13H21N3O. The maximum Gasteiger partial charge on any atom is 0.126 e. The van der Waals surface area contributed by atoms with E-state index >= 15 is 0 Å². The number of anilines is 1. The summed E-state index contributed by atoms with van der Waals surface area (Å²) in [6.07, 6.45) is 1.44. The fourth-order valence-corrected chi connectivity index (χ4v) is 2.38. The summed E-state index contributed by atoms with van der Waals surface area (Å²) in [4.78, 5) is 6.87. The van der Waals surface area contributed by atoms with Gasteiger partial charge in [0.25, 0.3) is 0 Å². The Balaban J connectivity index is 1.99. The van der Waals surface area contributed by atoms with E-state index in [1.807, 2.05) is 19.2 Å². The number of nitrogens with one attached hydrogen (secondary N) is 1. The Labute approximate surface area is 103 Å². The Kier molecular flexibility index (Phi) is 3.97. The van der Waals surface area contributed by atoms with Crippen molar-refractivity contribution < 1.29 is 4.74 Å². The van der Waals surface area contributed by atoms with Crippen LogP contribution in [0.2, 0.25) is 0 Å². The number of ether oxygens (including phenoxy) is 1. The van der Waals surface area contributed by atoms with Crippen LogP contribution in [0.15, 0.2) is 18.2 Å². The molecular weight excluding hydrogens is 214 g/mol. The molecule has 4 heteroatoms. The van der Waals surface area contributed by atoms with Gasteiger partial charge in [-0.25, -0.2) is 4.98 Å². The van der Waals surface area contributed by atoms with Gasteiger partial charge in [-0.05, 0) is 32.5 Å². The minimum absolute atomic E-state index is 0.326. The van der Waals surface area contributed by atoms with Gasteiger partial charge in [0, 0.05) is 26.2 Å². The van der Waals surface area contributed by atoms with Gasteiger partial charge in [0.2, 0.25) is 0 Å². The van der Waals surface area contributed by atoms with Crippen LogP contribution in [0.4, 0.5) is 5.82 Å². The molecule has 0 saturated carbocycles. The van der Waals surface area contributed by atoms with Crippen molar-refractivity contribution in [3.8, 4) is 0 Å². The Morgan fingerprint density at radius 1 is 1.53 bits per heavy atom. The summed E-state index contributed by atoms with van der Waals surface area (Å²) in [5, 5.41) is 3.06. The van der Waals surface area contributed by atoms with Crippen molar-refractivity contribution in [2.75, 3.05) is 26.0 Å². The zero-order valence-corrected chi connectivity index (χ0v) is 10.8. The molecule has 4 nitrogen and oxygen atoms in total. The first-order valence-electron chi connectivity index (χ1n) is 6.16. The largest absolute Gasteiger partial charge is 0.377 e. The van der Waals surface area contributed by atoms with Gasteiger partial charge < -0.3 is 10.1 Å². The number of hydrogen-bond acceptors (Lipinski definition) is 4. The topological polar surface area (TPSA) is 37.4 Å². The molecule has 0 spiro atoms. The highest BCUT2D eigenvalue weighted by molar-refractivity contribution is 5.34. The second kappa shape index (κ2) is 5.47. The maximum atomic E-state index is 5.59. The standard InChI is InChI=1S/C13H21N3O/c1-10-12(7-8-17-10)16(3)9-11-5-4-6-13(14-2)15-11/h4-6,10,12H,7-9H2,1-3H3,(H,14,15). The molecule has 1 aromatic heterocycles. The Morgan fingerprint density at radius 3 is 3.00 bits per heavy atom. The Morgan fingerprint density at radius 2 is 2.35 bits per heavy atom. The van der Waals surface area contributed by atoms with Crippen LogP contribution in [0, 0.1) is 0 Å². The quantitative estimate of drug-likeness (QED) is 0.862.